The van der Waals surface area contributed by atoms with Crippen molar-refractivity contribution in [1.29, 1.82) is 0 Å². The largest absolute Gasteiger partial charge is 0.493 e. The van der Waals surface area contributed by atoms with Crippen LogP contribution in [0, 0.1) is 5.92 Å². The van der Waals surface area contributed by atoms with Crippen molar-refractivity contribution in [2.45, 2.75) is 50.5 Å². The second-order valence-corrected chi connectivity index (χ2v) is 8.39. The molecule has 0 atom stereocenters. The van der Waals surface area contributed by atoms with E-state index in [1.165, 1.54) is 25.3 Å². The molecule has 1 aromatic heterocycles. The first-order valence-corrected chi connectivity index (χ1v) is 10.4. The maximum absolute atomic E-state index is 12.9. The van der Waals surface area contributed by atoms with E-state index in [-0.39, 0.29) is 23.4 Å². The molecule has 4 rings (SSSR count). The molecule has 7 nitrogen and oxygen atoms in total. The van der Waals surface area contributed by atoms with E-state index < -0.39 is 11.6 Å². The lowest BCUT2D eigenvalue weighted by atomic mass is 9.75. The van der Waals surface area contributed by atoms with Crippen LogP contribution < -0.4 is 0 Å². The van der Waals surface area contributed by atoms with Crippen LogP contribution in [0.3, 0.4) is 0 Å². The third kappa shape index (κ3) is 3.60. The van der Waals surface area contributed by atoms with Crippen LogP contribution in [0.15, 0.2) is 12.1 Å². The number of hydrogen-bond donors (Lipinski definition) is 1. The van der Waals surface area contributed by atoms with Gasteiger partial charge < -0.3 is 19.6 Å². The fraction of sp³-hybridized carbons (Fsp3) is 0.667. The Bertz CT molecular complexity index is 752. The van der Waals surface area contributed by atoms with Gasteiger partial charge in [0.2, 0.25) is 11.8 Å². The highest BCUT2D eigenvalue weighted by atomic mass is 16.6. The summed E-state index contributed by atoms with van der Waals surface area (Å²) in [5.41, 5.74) is 0.277. The maximum Gasteiger partial charge on any atom is 0.358 e. The summed E-state index contributed by atoms with van der Waals surface area (Å²) in [4.78, 5) is 33.3. The smallest absolute Gasteiger partial charge is 0.358 e. The quantitative estimate of drug-likeness (QED) is 0.798. The Morgan fingerprint density at radius 1 is 1.29 bits per heavy atom. The molecule has 1 saturated heterocycles. The number of esters is 1. The molecular weight excluding hydrogens is 358 g/mol. The molecule has 0 aromatic carbocycles. The van der Waals surface area contributed by atoms with Gasteiger partial charge in [-0.2, -0.15) is 0 Å². The molecule has 2 fully saturated rings. The molecule has 1 saturated carbocycles. The van der Waals surface area contributed by atoms with Crippen LogP contribution >= 0.6 is 0 Å². The Morgan fingerprint density at radius 2 is 2.00 bits per heavy atom. The molecule has 0 radical (unpaired) electrons. The van der Waals surface area contributed by atoms with Crippen LogP contribution in [-0.2, 0) is 15.1 Å². The second kappa shape index (κ2) is 7.70. The number of piperidine rings is 1. The number of likely N-dealkylation sites (tertiary alicyclic amines) is 1. The van der Waals surface area contributed by atoms with Gasteiger partial charge >= 0.3 is 5.97 Å². The van der Waals surface area contributed by atoms with Crippen molar-refractivity contribution in [3.63, 3.8) is 0 Å². The van der Waals surface area contributed by atoms with E-state index in [1.807, 2.05) is 11.9 Å². The molecule has 3 heterocycles. The number of rotatable bonds is 4. The Kier molecular flexibility index (Phi) is 5.27. The van der Waals surface area contributed by atoms with E-state index >= 15 is 0 Å². The fourth-order valence-electron chi connectivity index (χ4n) is 4.85. The lowest BCUT2D eigenvalue weighted by Crippen LogP contribution is -2.43. The van der Waals surface area contributed by atoms with Gasteiger partial charge in [-0.25, -0.2) is 9.78 Å². The predicted molar refractivity (Wildman–Crippen MR) is 103 cm³/mol. The lowest BCUT2D eigenvalue weighted by Gasteiger charge is -2.37. The summed E-state index contributed by atoms with van der Waals surface area (Å²) in [5, 5.41) is 9.55. The van der Waals surface area contributed by atoms with E-state index in [0.29, 0.717) is 25.7 Å². The first kappa shape index (κ1) is 19.2. The number of pyridine rings is 1. The number of carbonyl (C=O) groups is 2. The Balaban J connectivity index is 1.34. The molecule has 1 amide bonds. The molecule has 1 aromatic rings. The van der Waals surface area contributed by atoms with Crippen molar-refractivity contribution >= 4 is 11.9 Å². The second-order valence-electron chi connectivity index (χ2n) is 8.39. The molecule has 152 valence electrons. The first-order valence-electron chi connectivity index (χ1n) is 10.4. The van der Waals surface area contributed by atoms with Crippen LogP contribution in [0.4, 0.5) is 0 Å². The van der Waals surface area contributed by atoms with Crippen LogP contribution in [0.1, 0.15) is 61.0 Å². The monoisotopic (exact) mass is 387 g/mol. The first-order chi connectivity index (χ1) is 13.5. The topological polar surface area (TPSA) is 83.0 Å². The van der Waals surface area contributed by atoms with Gasteiger partial charge in [0.15, 0.2) is 5.69 Å². The number of aromatic hydroxyl groups is 1. The molecule has 2 aliphatic heterocycles. The van der Waals surface area contributed by atoms with Gasteiger partial charge in [0, 0.05) is 37.7 Å². The average molecular weight is 387 g/mol. The van der Waals surface area contributed by atoms with Crippen molar-refractivity contribution in [2.24, 2.45) is 5.92 Å². The van der Waals surface area contributed by atoms with Gasteiger partial charge in [-0.05, 0) is 57.7 Å². The lowest BCUT2D eigenvalue weighted by molar-refractivity contribution is -0.137. The van der Waals surface area contributed by atoms with Gasteiger partial charge in [0.1, 0.15) is 5.60 Å². The summed E-state index contributed by atoms with van der Waals surface area (Å²) in [6, 6.07) is 3.23. The standard InChI is InChI=1S/C21H29N3O4/c1-23(13-14-24-11-3-2-4-12-24)19(26)15-7-9-21(10-8-15)16-5-6-17(25)22-18(16)20(27)28-21/h5-6,15H,2-4,7-14H2,1H3,(H,22,25)/t15-,21-. The predicted octanol–water partition coefficient (Wildman–Crippen LogP) is 2.29. The summed E-state index contributed by atoms with van der Waals surface area (Å²) in [5.74, 6) is -0.480. The normalized spacial score (nSPS) is 27.5. The van der Waals surface area contributed by atoms with Gasteiger partial charge in [0.05, 0.1) is 0 Å². The van der Waals surface area contributed by atoms with E-state index in [1.54, 1.807) is 6.07 Å². The molecule has 0 bridgehead atoms. The summed E-state index contributed by atoms with van der Waals surface area (Å²) in [7, 11) is 1.90. The molecule has 1 N–H and O–H groups in total. The highest BCUT2D eigenvalue weighted by Crippen LogP contribution is 2.48. The summed E-state index contributed by atoms with van der Waals surface area (Å²) in [6.45, 7) is 3.99. The molecule has 7 heteroatoms. The van der Waals surface area contributed by atoms with Crippen molar-refractivity contribution in [3.05, 3.63) is 23.4 Å². The maximum atomic E-state index is 12.9. The van der Waals surface area contributed by atoms with Crippen LogP contribution in [-0.4, -0.2) is 65.0 Å². The molecule has 28 heavy (non-hydrogen) atoms. The average Bonchev–Trinajstić information content (AvgIpc) is 2.97. The number of ether oxygens (including phenoxy) is 1. The number of likely N-dealkylation sites (N-methyl/N-ethyl adjacent to an activating group) is 1. The molecule has 1 spiro atoms. The molecular formula is C21H29N3O4. The molecule has 3 aliphatic rings. The Hall–Kier alpha value is -2.15. The Morgan fingerprint density at radius 3 is 2.71 bits per heavy atom. The van der Waals surface area contributed by atoms with Gasteiger partial charge in [-0.1, -0.05) is 6.42 Å². The zero-order chi connectivity index (χ0) is 19.7. The zero-order valence-electron chi connectivity index (χ0n) is 16.5. The third-order valence-corrected chi connectivity index (χ3v) is 6.57. The third-order valence-electron chi connectivity index (χ3n) is 6.57. The van der Waals surface area contributed by atoms with Gasteiger partial charge in [-0.15, -0.1) is 0 Å². The number of carbonyl (C=O) groups excluding carboxylic acids is 2. The number of amides is 1. The van der Waals surface area contributed by atoms with Crippen LogP contribution in [0.25, 0.3) is 0 Å². The van der Waals surface area contributed by atoms with Gasteiger partial charge in [-0.3, -0.25) is 4.79 Å². The number of nitrogens with zero attached hydrogens (tertiary/aromatic N) is 3. The van der Waals surface area contributed by atoms with Gasteiger partial charge in [0.25, 0.3) is 0 Å². The van der Waals surface area contributed by atoms with Crippen molar-refractivity contribution in [2.75, 3.05) is 33.2 Å². The number of fused-ring (bicyclic) bond motifs is 2. The van der Waals surface area contributed by atoms with Crippen molar-refractivity contribution in [3.8, 4) is 5.88 Å². The molecule has 0 unspecified atom stereocenters. The fourth-order valence-corrected chi connectivity index (χ4v) is 4.85. The minimum Gasteiger partial charge on any atom is -0.493 e. The highest BCUT2D eigenvalue weighted by molar-refractivity contribution is 5.93. The minimum atomic E-state index is -0.684. The van der Waals surface area contributed by atoms with Crippen molar-refractivity contribution < 1.29 is 19.4 Å². The zero-order valence-corrected chi connectivity index (χ0v) is 16.5. The van der Waals surface area contributed by atoms with E-state index in [9.17, 15) is 14.7 Å². The summed E-state index contributed by atoms with van der Waals surface area (Å²) >= 11 is 0. The summed E-state index contributed by atoms with van der Waals surface area (Å²) in [6.07, 6.45) is 6.46. The highest BCUT2D eigenvalue weighted by Gasteiger charge is 2.49. The number of hydrogen-bond acceptors (Lipinski definition) is 6. The Labute approximate surface area is 165 Å². The van der Waals surface area contributed by atoms with E-state index in [0.717, 1.165) is 31.7 Å². The minimum absolute atomic E-state index is 0.0233. The van der Waals surface area contributed by atoms with Crippen LogP contribution in [0.5, 0.6) is 5.88 Å². The van der Waals surface area contributed by atoms with Crippen molar-refractivity contribution in [1.82, 2.24) is 14.8 Å². The SMILES string of the molecule is CN(CCN1CCCCC1)C(=O)[C@H]1CC[C@@]2(CC1)OC(=O)c1nc(O)ccc12. The van der Waals surface area contributed by atoms with E-state index in [4.69, 9.17) is 4.74 Å². The van der Waals surface area contributed by atoms with E-state index in [2.05, 4.69) is 9.88 Å². The molecule has 1 aliphatic carbocycles. The number of aromatic nitrogens is 1. The summed E-state index contributed by atoms with van der Waals surface area (Å²) < 4.78 is 5.69. The van der Waals surface area contributed by atoms with Crippen LogP contribution in [0.2, 0.25) is 0 Å².